The Labute approximate surface area is 147 Å². The second-order valence-electron chi connectivity index (χ2n) is 5.61. The maximum Gasteiger partial charge on any atom is 0.266 e. The lowest BCUT2D eigenvalue weighted by Crippen LogP contribution is -2.26. The molecule has 4 rings (SSSR count). The van der Waals surface area contributed by atoms with Crippen LogP contribution in [-0.4, -0.2) is 9.55 Å². The van der Waals surface area contributed by atoms with E-state index in [-0.39, 0.29) is 16.4 Å². The number of hydrogen-bond donors (Lipinski definition) is 0. The fourth-order valence-electron chi connectivity index (χ4n) is 2.89. The topological polar surface area (TPSA) is 52.0 Å². The van der Waals surface area contributed by atoms with Crippen LogP contribution in [0.3, 0.4) is 0 Å². The maximum absolute atomic E-state index is 13.1. The van der Waals surface area contributed by atoms with Gasteiger partial charge in [-0.25, -0.2) is 4.98 Å². The summed E-state index contributed by atoms with van der Waals surface area (Å²) in [6.07, 6.45) is 1.64. The molecule has 0 unspecified atom stereocenters. The summed E-state index contributed by atoms with van der Waals surface area (Å²) in [7, 11) is 0. The number of rotatable bonds is 3. The summed E-state index contributed by atoms with van der Waals surface area (Å²) in [5, 5.41) is 0.696. The van der Waals surface area contributed by atoms with Crippen molar-refractivity contribution in [2.75, 3.05) is 0 Å². The van der Waals surface area contributed by atoms with Gasteiger partial charge in [-0.05, 0) is 12.1 Å². The maximum atomic E-state index is 13.1. The first kappa shape index (κ1) is 15.5. The zero-order chi connectivity index (χ0) is 17.4. The molecule has 0 amide bonds. The molecule has 0 radical (unpaired) electrons. The summed E-state index contributed by atoms with van der Waals surface area (Å²) in [5.41, 5.74) is 0.242. The van der Waals surface area contributed by atoms with Crippen LogP contribution in [0.15, 0.2) is 76.8 Å². The van der Waals surface area contributed by atoms with Crippen molar-refractivity contribution in [3.05, 3.63) is 87.8 Å². The average Bonchev–Trinajstić information content (AvgIpc) is 2.64. The summed E-state index contributed by atoms with van der Waals surface area (Å²) in [4.78, 5) is 31.0. The molecule has 2 aromatic carbocycles. The first-order chi connectivity index (χ1) is 12.2. The van der Waals surface area contributed by atoms with E-state index >= 15 is 0 Å². The number of aromatic nitrogens is 2. The molecule has 0 aliphatic carbocycles. The molecule has 5 heteroatoms. The van der Waals surface area contributed by atoms with Crippen molar-refractivity contribution >= 4 is 31.6 Å². The zero-order valence-electron chi connectivity index (χ0n) is 13.3. The Bertz CT molecular complexity index is 1220. The molecule has 122 valence electrons. The molecule has 0 saturated carbocycles. The third kappa shape index (κ3) is 2.49. The van der Waals surface area contributed by atoms with E-state index < -0.39 is 0 Å². The molecular formula is C20H14N2O2S. The van der Waals surface area contributed by atoms with Gasteiger partial charge in [-0.15, -0.1) is 17.9 Å². The smallest absolute Gasteiger partial charge is 0.266 e. The molecule has 2 heterocycles. The molecule has 0 fully saturated rings. The van der Waals surface area contributed by atoms with Crippen LogP contribution in [0.1, 0.15) is 0 Å². The van der Waals surface area contributed by atoms with Gasteiger partial charge >= 0.3 is 0 Å². The summed E-state index contributed by atoms with van der Waals surface area (Å²) < 4.78 is 2.33. The Balaban J connectivity index is 2.19. The Hall–Kier alpha value is -3.05. The lowest BCUT2D eigenvalue weighted by atomic mass is 10.2. The predicted octanol–water partition coefficient (Wildman–Crippen LogP) is 3.82. The molecule has 0 aliphatic rings. The molecular weight excluding hydrogens is 332 g/mol. The van der Waals surface area contributed by atoms with Gasteiger partial charge in [-0.1, -0.05) is 48.5 Å². The van der Waals surface area contributed by atoms with E-state index in [1.165, 1.54) is 15.9 Å². The Morgan fingerprint density at radius 1 is 1.04 bits per heavy atom. The highest BCUT2D eigenvalue weighted by molar-refractivity contribution is 7.24. The second-order valence-corrected chi connectivity index (χ2v) is 6.64. The molecule has 2 aromatic heterocycles. The Morgan fingerprint density at radius 3 is 2.52 bits per heavy atom. The predicted molar refractivity (Wildman–Crippen MR) is 103 cm³/mol. The van der Waals surface area contributed by atoms with E-state index in [4.69, 9.17) is 0 Å². The molecule has 4 nitrogen and oxygen atoms in total. The van der Waals surface area contributed by atoms with Gasteiger partial charge in [0.1, 0.15) is 16.0 Å². The van der Waals surface area contributed by atoms with Crippen LogP contribution in [0.5, 0.6) is 0 Å². The van der Waals surface area contributed by atoms with Crippen LogP contribution in [-0.2, 0) is 6.54 Å². The van der Waals surface area contributed by atoms with Gasteiger partial charge in [0, 0.05) is 22.2 Å². The van der Waals surface area contributed by atoms with E-state index in [1.807, 2.05) is 42.5 Å². The number of benzene rings is 2. The number of nitrogens with zero attached hydrogens (tertiary/aromatic N) is 2. The highest BCUT2D eigenvalue weighted by Crippen LogP contribution is 2.24. The van der Waals surface area contributed by atoms with Crippen molar-refractivity contribution in [3.8, 4) is 11.4 Å². The SMILES string of the molecule is C=CCn1c(-c2ccccc2)nc2sc3ccccc3c(=O)c2c1=O. The van der Waals surface area contributed by atoms with Gasteiger partial charge in [0.2, 0.25) is 5.43 Å². The Kier molecular flexibility index (Phi) is 3.78. The molecule has 0 spiro atoms. The number of allylic oxidation sites excluding steroid dienone is 1. The minimum Gasteiger partial charge on any atom is -0.288 e. The van der Waals surface area contributed by atoms with Crippen LogP contribution < -0.4 is 11.0 Å². The van der Waals surface area contributed by atoms with Gasteiger partial charge in [-0.2, -0.15) is 0 Å². The van der Waals surface area contributed by atoms with Crippen molar-refractivity contribution in [1.82, 2.24) is 9.55 Å². The lowest BCUT2D eigenvalue weighted by molar-refractivity contribution is 0.780. The molecule has 25 heavy (non-hydrogen) atoms. The summed E-state index contributed by atoms with van der Waals surface area (Å²) in [6.45, 7) is 4.02. The highest BCUT2D eigenvalue weighted by Gasteiger charge is 2.16. The van der Waals surface area contributed by atoms with E-state index in [1.54, 1.807) is 18.2 Å². The van der Waals surface area contributed by atoms with Crippen molar-refractivity contribution in [2.24, 2.45) is 0 Å². The van der Waals surface area contributed by atoms with Gasteiger partial charge in [0.15, 0.2) is 0 Å². The van der Waals surface area contributed by atoms with Crippen LogP contribution in [0.25, 0.3) is 31.7 Å². The quantitative estimate of drug-likeness (QED) is 0.418. The van der Waals surface area contributed by atoms with Crippen LogP contribution >= 0.6 is 11.3 Å². The largest absolute Gasteiger partial charge is 0.288 e. The Morgan fingerprint density at radius 2 is 1.76 bits per heavy atom. The first-order valence-electron chi connectivity index (χ1n) is 7.83. The van der Waals surface area contributed by atoms with Gasteiger partial charge in [0.05, 0.1) is 0 Å². The van der Waals surface area contributed by atoms with Crippen LogP contribution in [0.2, 0.25) is 0 Å². The molecule has 0 bridgehead atoms. The normalized spacial score (nSPS) is 11.0. The van der Waals surface area contributed by atoms with E-state index in [0.717, 1.165) is 10.3 Å². The molecule has 0 N–H and O–H groups in total. The van der Waals surface area contributed by atoms with Crippen LogP contribution in [0, 0.1) is 0 Å². The second kappa shape index (κ2) is 6.11. The van der Waals surface area contributed by atoms with Crippen molar-refractivity contribution in [2.45, 2.75) is 6.54 Å². The van der Waals surface area contributed by atoms with Crippen molar-refractivity contribution < 1.29 is 0 Å². The summed E-state index contributed by atoms with van der Waals surface area (Å²) in [6, 6.07) is 16.8. The molecule has 0 aliphatic heterocycles. The summed E-state index contributed by atoms with van der Waals surface area (Å²) >= 11 is 1.36. The third-order valence-corrected chi connectivity index (χ3v) is 5.11. The minimum atomic E-state index is -0.323. The van der Waals surface area contributed by atoms with Gasteiger partial charge in [-0.3, -0.25) is 14.2 Å². The third-order valence-electron chi connectivity index (χ3n) is 4.05. The van der Waals surface area contributed by atoms with Gasteiger partial charge in [0.25, 0.3) is 5.56 Å². The lowest BCUT2D eigenvalue weighted by Gasteiger charge is -2.12. The summed E-state index contributed by atoms with van der Waals surface area (Å²) in [5.74, 6) is 0.545. The fourth-order valence-corrected chi connectivity index (χ4v) is 3.93. The highest BCUT2D eigenvalue weighted by atomic mass is 32.1. The van der Waals surface area contributed by atoms with Crippen molar-refractivity contribution in [3.63, 3.8) is 0 Å². The first-order valence-corrected chi connectivity index (χ1v) is 8.65. The molecule has 4 aromatic rings. The monoisotopic (exact) mass is 346 g/mol. The average molecular weight is 346 g/mol. The van der Waals surface area contributed by atoms with Crippen molar-refractivity contribution in [1.29, 1.82) is 0 Å². The standard InChI is InChI=1S/C20H14N2O2S/c1-2-12-22-18(13-8-4-3-5-9-13)21-19-16(20(22)24)17(23)14-10-6-7-11-15(14)25-19/h2-11H,1,12H2. The molecule has 0 atom stereocenters. The van der Waals surface area contributed by atoms with E-state index in [0.29, 0.717) is 22.6 Å². The number of hydrogen-bond acceptors (Lipinski definition) is 4. The van der Waals surface area contributed by atoms with E-state index in [2.05, 4.69) is 11.6 Å². The minimum absolute atomic E-state index is 0.144. The zero-order valence-corrected chi connectivity index (χ0v) is 14.1. The molecule has 0 saturated heterocycles. The van der Waals surface area contributed by atoms with Gasteiger partial charge < -0.3 is 0 Å². The van der Waals surface area contributed by atoms with E-state index in [9.17, 15) is 9.59 Å². The van der Waals surface area contributed by atoms with Crippen LogP contribution in [0.4, 0.5) is 0 Å². The fraction of sp³-hybridized carbons (Fsp3) is 0.0500. The number of fused-ring (bicyclic) bond motifs is 2.